The average molecular weight is 400 g/mol. The summed E-state index contributed by atoms with van der Waals surface area (Å²) in [6, 6.07) is -0.0309. The number of amides is 2. The molecule has 3 heterocycles. The quantitative estimate of drug-likeness (QED) is 0.716. The Hall–Kier alpha value is -2.15. The number of piperidine rings is 2. The van der Waals surface area contributed by atoms with Crippen molar-refractivity contribution >= 4 is 11.8 Å². The minimum atomic E-state index is -0.460. The number of allylic oxidation sites excluding steroid dienone is 1. The molecule has 0 saturated carbocycles. The summed E-state index contributed by atoms with van der Waals surface area (Å²) < 4.78 is 0. The number of hydrogen-bond donors (Lipinski definition) is 2. The summed E-state index contributed by atoms with van der Waals surface area (Å²) in [6.07, 6.45) is 12.8. The Morgan fingerprint density at radius 1 is 1.31 bits per heavy atom. The zero-order valence-corrected chi connectivity index (χ0v) is 17.5. The number of imidazole rings is 1. The van der Waals surface area contributed by atoms with E-state index in [4.69, 9.17) is 0 Å². The minimum Gasteiger partial charge on any atom is -0.355 e. The number of likely N-dealkylation sites (tertiary alicyclic amines) is 2. The van der Waals surface area contributed by atoms with Crippen LogP contribution in [0.25, 0.3) is 0 Å². The van der Waals surface area contributed by atoms with Gasteiger partial charge in [-0.25, -0.2) is 4.98 Å². The van der Waals surface area contributed by atoms with Gasteiger partial charge in [-0.1, -0.05) is 11.6 Å². The van der Waals surface area contributed by atoms with E-state index in [9.17, 15) is 9.59 Å². The molecule has 4 rings (SSSR count). The predicted octanol–water partition coefficient (Wildman–Crippen LogP) is 1.88. The molecule has 0 aromatic carbocycles. The largest absolute Gasteiger partial charge is 0.355 e. The first-order chi connectivity index (χ1) is 14.1. The number of nitrogens with one attached hydrogen (secondary N) is 2. The molecule has 0 unspecified atom stereocenters. The maximum absolute atomic E-state index is 13.4. The Bertz CT molecular complexity index is 759. The summed E-state index contributed by atoms with van der Waals surface area (Å²) in [5, 5.41) is 3.17. The number of carbonyl (C=O) groups excluding carboxylic acids is 2. The summed E-state index contributed by atoms with van der Waals surface area (Å²) >= 11 is 0. The Balaban J connectivity index is 1.46. The molecule has 7 heteroatoms. The lowest BCUT2D eigenvalue weighted by Crippen LogP contribution is -2.66. The number of aromatic nitrogens is 2. The molecule has 2 fully saturated rings. The number of fused-ring (bicyclic) bond motifs is 1. The minimum absolute atomic E-state index is 0.0309. The second kappa shape index (κ2) is 8.69. The Morgan fingerprint density at radius 2 is 2.21 bits per heavy atom. The van der Waals surface area contributed by atoms with Crippen LogP contribution in [0.4, 0.5) is 0 Å². The second-order valence-electron chi connectivity index (χ2n) is 8.89. The fourth-order valence-electron chi connectivity index (χ4n) is 5.31. The van der Waals surface area contributed by atoms with Crippen LogP contribution in [0, 0.1) is 5.41 Å². The normalized spacial score (nSPS) is 27.4. The van der Waals surface area contributed by atoms with Crippen LogP contribution in [0.1, 0.15) is 50.6 Å². The van der Waals surface area contributed by atoms with Crippen molar-refractivity contribution in [1.29, 1.82) is 0 Å². The highest BCUT2D eigenvalue weighted by atomic mass is 16.2. The van der Waals surface area contributed by atoms with E-state index in [0.717, 1.165) is 70.3 Å². The van der Waals surface area contributed by atoms with Gasteiger partial charge in [-0.3, -0.25) is 9.59 Å². The number of carbonyl (C=O) groups is 2. The second-order valence-corrected chi connectivity index (χ2v) is 8.89. The molecule has 3 aliphatic rings. The first-order valence-corrected chi connectivity index (χ1v) is 11.0. The Morgan fingerprint density at radius 3 is 2.97 bits per heavy atom. The topological polar surface area (TPSA) is 81.3 Å². The van der Waals surface area contributed by atoms with Gasteiger partial charge in [0, 0.05) is 44.4 Å². The lowest BCUT2D eigenvalue weighted by Gasteiger charge is -2.53. The number of likely N-dealkylation sites (N-methyl/N-ethyl adjacent to an activating group) is 1. The SMILES string of the molecule is CN1CC[C@]2(C(=O)NCCc3cnc[nH]3)CCCN(C(=O)CC3=CCCC3)[C@H]2C1. The maximum Gasteiger partial charge on any atom is 0.228 e. The van der Waals surface area contributed by atoms with Crippen molar-refractivity contribution < 1.29 is 9.59 Å². The number of nitrogens with zero attached hydrogens (tertiary/aromatic N) is 3. The Kier molecular flexibility index (Phi) is 6.04. The maximum atomic E-state index is 13.4. The van der Waals surface area contributed by atoms with Crippen LogP contribution < -0.4 is 5.32 Å². The van der Waals surface area contributed by atoms with Gasteiger partial charge in [0.1, 0.15) is 0 Å². The van der Waals surface area contributed by atoms with Crippen LogP contribution in [-0.4, -0.2) is 70.9 Å². The highest BCUT2D eigenvalue weighted by Gasteiger charge is 2.53. The van der Waals surface area contributed by atoms with Gasteiger partial charge < -0.3 is 20.1 Å². The van der Waals surface area contributed by atoms with E-state index in [0.29, 0.717) is 13.0 Å². The molecule has 2 aliphatic heterocycles. The molecule has 1 aliphatic carbocycles. The van der Waals surface area contributed by atoms with E-state index in [-0.39, 0.29) is 17.9 Å². The summed E-state index contributed by atoms with van der Waals surface area (Å²) in [6.45, 7) is 3.04. The van der Waals surface area contributed by atoms with Crippen LogP contribution in [-0.2, 0) is 16.0 Å². The fraction of sp³-hybridized carbons (Fsp3) is 0.682. The lowest BCUT2D eigenvalue weighted by molar-refractivity contribution is -0.153. The number of rotatable bonds is 6. The average Bonchev–Trinajstić information content (AvgIpc) is 3.41. The third kappa shape index (κ3) is 4.25. The Labute approximate surface area is 172 Å². The molecule has 1 aromatic heterocycles. The number of hydrogen-bond acceptors (Lipinski definition) is 4. The van der Waals surface area contributed by atoms with Gasteiger partial charge in [0.15, 0.2) is 0 Å². The van der Waals surface area contributed by atoms with E-state index >= 15 is 0 Å². The summed E-state index contributed by atoms with van der Waals surface area (Å²) in [7, 11) is 2.09. The van der Waals surface area contributed by atoms with Gasteiger partial charge >= 0.3 is 0 Å². The molecule has 158 valence electrons. The first-order valence-electron chi connectivity index (χ1n) is 11.0. The number of H-pyrrole nitrogens is 1. The van der Waals surface area contributed by atoms with Gasteiger partial charge in [-0.15, -0.1) is 0 Å². The molecule has 2 atom stereocenters. The third-order valence-corrected chi connectivity index (χ3v) is 6.98. The van der Waals surface area contributed by atoms with E-state index in [1.165, 1.54) is 5.57 Å². The molecule has 1 aromatic rings. The van der Waals surface area contributed by atoms with Gasteiger partial charge in [-0.2, -0.15) is 0 Å². The number of aromatic amines is 1. The monoisotopic (exact) mass is 399 g/mol. The van der Waals surface area contributed by atoms with E-state index < -0.39 is 5.41 Å². The van der Waals surface area contributed by atoms with E-state index in [1.54, 1.807) is 12.5 Å². The summed E-state index contributed by atoms with van der Waals surface area (Å²) in [4.78, 5) is 38.0. The zero-order valence-electron chi connectivity index (χ0n) is 17.5. The smallest absolute Gasteiger partial charge is 0.228 e. The first kappa shape index (κ1) is 20.1. The van der Waals surface area contributed by atoms with Crippen molar-refractivity contribution in [1.82, 2.24) is 25.1 Å². The van der Waals surface area contributed by atoms with Crippen molar-refractivity contribution in [2.45, 2.75) is 57.4 Å². The van der Waals surface area contributed by atoms with Crippen LogP contribution in [0.15, 0.2) is 24.2 Å². The van der Waals surface area contributed by atoms with Crippen LogP contribution in [0.2, 0.25) is 0 Å². The van der Waals surface area contributed by atoms with Gasteiger partial charge in [0.05, 0.1) is 17.8 Å². The van der Waals surface area contributed by atoms with Crippen molar-refractivity contribution in [3.05, 3.63) is 29.9 Å². The fourth-order valence-corrected chi connectivity index (χ4v) is 5.31. The van der Waals surface area contributed by atoms with Crippen molar-refractivity contribution in [3.8, 4) is 0 Å². The molecule has 0 spiro atoms. The van der Waals surface area contributed by atoms with E-state index in [1.807, 2.05) is 4.90 Å². The van der Waals surface area contributed by atoms with Crippen molar-refractivity contribution in [2.24, 2.45) is 5.41 Å². The standard InChI is InChI=1S/C22H33N5O2/c1-26-12-9-22(21(29)24-10-7-18-14-23-16-25-18)8-4-11-27(19(22)15-26)20(28)13-17-5-2-3-6-17/h5,14,16,19H,2-4,6-13,15H2,1H3,(H,23,25)(H,24,29)/t19-,22+/m0/s1. The van der Waals surface area contributed by atoms with Crippen LogP contribution in [0.5, 0.6) is 0 Å². The molecule has 2 amide bonds. The molecular weight excluding hydrogens is 366 g/mol. The molecule has 7 nitrogen and oxygen atoms in total. The van der Waals surface area contributed by atoms with Gasteiger partial charge in [0.2, 0.25) is 11.8 Å². The van der Waals surface area contributed by atoms with Crippen molar-refractivity contribution in [3.63, 3.8) is 0 Å². The molecule has 0 radical (unpaired) electrons. The van der Waals surface area contributed by atoms with Gasteiger partial charge in [0.25, 0.3) is 0 Å². The zero-order chi connectivity index (χ0) is 20.3. The summed E-state index contributed by atoms with van der Waals surface area (Å²) in [5.74, 6) is 0.320. The van der Waals surface area contributed by atoms with Crippen molar-refractivity contribution in [2.75, 3.05) is 33.2 Å². The van der Waals surface area contributed by atoms with Gasteiger partial charge in [-0.05, 0) is 52.1 Å². The predicted molar refractivity (Wildman–Crippen MR) is 111 cm³/mol. The molecule has 0 bridgehead atoms. The third-order valence-electron chi connectivity index (χ3n) is 6.98. The lowest BCUT2D eigenvalue weighted by atomic mass is 9.67. The molecular formula is C22H33N5O2. The molecule has 2 saturated heterocycles. The highest BCUT2D eigenvalue weighted by molar-refractivity contribution is 5.86. The molecule has 29 heavy (non-hydrogen) atoms. The van der Waals surface area contributed by atoms with Crippen LogP contribution >= 0.6 is 0 Å². The molecule has 2 N–H and O–H groups in total. The summed E-state index contributed by atoms with van der Waals surface area (Å²) in [5.41, 5.74) is 1.84. The van der Waals surface area contributed by atoms with E-state index in [2.05, 4.69) is 33.3 Å². The van der Waals surface area contributed by atoms with Crippen LogP contribution in [0.3, 0.4) is 0 Å². The highest BCUT2D eigenvalue weighted by Crippen LogP contribution is 2.43.